The second kappa shape index (κ2) is 20.2. The summed E-state index contributed by atoms with van der Waals surface area (Å²) in [5.74, 6) is -1.83. The summed E-state index contributed by atoms with van der Waals surface area (Å²) in [7, 11) is 0. The topological polar surface area (TPSA) is 57.2 Å². The van der Waals surface area contributed by atoms with Crippen molar-refractivity contribution in [1.82, 2.24) is 0 Å². The number of Topliss-reactive ketones (excluding diaryl/α,β-unsaturated/α-hetero) is 1. The molecule has 0 rings (SSSR count). The number of hydrogen-bond donors (Lipinski definition) is 0. The van der Waals surface area contributed by atoms with Crippen molar-refractivity contribution in [2.75, 3.05) is 0 Å². The van der Waals surface area contributed by atoms with Crippen molar-refractivity contribution in [2.45, 2.75) is 110 Å². The maximum absolute atomic E-state index is 11.4. The van der Waals surface area contributed by atoms with Gasteiger partial charge in [-0.05, 0) is 6.42 Å². The summed E-state index contributed by atoms with van der Waals surface area (Å²) in [5.41, 5.74) is -0.389. The largest absolute Gasteiger partial charge is 1.00 e. The van der Waals surface area contributed by atoms with Crippen LogP contribution in [0.15, 0.2) is 12.2 Å². The standard InChI is InChI=1S/C21H38O3.Na/c1-3-4-5-6-7-8-9-10-11-12-13-14-15-16-17-18-20(22)19(2)21(23)24;/h2-18H2,1H3,(H,23,24);/q;+1/p-1. The summed E-state index contributed by atoms with van der Waals surface area (Å²) < 4.78 is 0. The van der Waals surface area contributed by atoms with Gasteiger partial charge in [0.05, 0.1) is 5.97 Å². The Balaban J connectivity index is 0. The molecule has 0 aliphatic carbocycles. The van der Waals surface area contributed by atoms with Crippen LogP contribution >= 0.6 is 0 Å². The summed E-state index contributed by atoms with van der Waals surface area (Å²) in [6.45, 7) is 5.49. The van der Waals surface area contributed by atoms with Crippen LogP contribution in [0.5, 0.6) is 0 Å². The normalized spacial score (nSPS) is 10.3. The Morgan fingerprint density at radius 1 is 0.680 bits per heavy atom. The van der Waals surface area contributed by atoms with Gasteiger partial charge in [-0.15, -0.1) is 0 Å². The summed E-state index contributed by atoms with van der Waals surface area (Å²) >= 11 is 0. The average molecular weight is 361 g/mol. The zero-order chi connectivity index (χ0) is 18.0. The molecule has 0 N–H and O–H groups in total. The Morgan fingerprint density at radius 3 is 1.32 bits per heavy atom. The van der Waals surface area contributed by atoms with Crippen molar-refractivity contribution in [3.63, 3.8) is 0 Å². The van der Waals surface area contributed by atoms with Gasteiger partial charge >= 0.3 is 29.6 Å². The number of rotatable bonds is 18. The van der Waals surface area contributed by atoms with E-state index in [4.69, 9.17) is 0 Å². The molecule has 3 nitrogen and oxygen atoms in total. The summed E-state index contributed by atoms with van der Waals surface area (Å²) in [4.78, 5) is 21.9. The molecule has 0 aromatic carbocycles. The molecule has 0 aliphatic rings. The van der Waals surface area contributed by atoms with Gasteiger partial charge in [-0.3, -0.25) is 4.79 Å². The third-order valence-electron chi connectivity index (χ3n) is 4.59. The smallest absolute Gasteiger partial charge is 0.545 e. The van der Waals surface area contributed by atoms with Crippen LogP contribution in [0.2, 0.25) is 0 Å². The Hall–Kier alpha value is -0.120. The Kier molecular flexibility index (Phi) is 21.9. The SMILES string of the molecule is C=C(C(=O)[O-])C(=O)CCCCCCCCCCCCCCCCC.[Na+]. The first kappa shape index (κ1) is 27.1. The van der Waals surface area contributed by atoms with Gasteiger partial charge in [0.2, 0.25) is 0 Å². The minimum absolute atomic E-state index is 0. The van der Waals surface area contributed by atoms with Gasteiger partial charge in [0.1, 0.15) is 0 Å². The number of carboxylic acids is 1. The second-order valence-electron chi connectivity index (χ2n) is 6.89. The third kappa shape index (κ3) is 18.5. The van der Waals surface area contributed by atoms with E-state index in [1.54, 1.807) is 0 Å². The minimum Gasteiger partial charge on any atom is -0.545 e. The first-order valence-electron chi connectivity index (χ1n) is 10.0. The predicted molar refractivity (Wildman–Crippen MR) is 98.7 cm³/mol. The first-order valence-corrected chi connectivity index (χ1v) is 10.0. The average Bonchev–Trinajstić information content (AvgIpc) is 2.57. The summed E-state index contributed by atoms with van der Waals surface area (Å²) in [6, 6.07) is 0. The van der Waals surface area contributed by atoms with Gasteiger partial charge in [0.15, 0.2) is 5.78 Å². The maximum Gasteiger partial charge on any atom is 1.00 e. The molecule has 0 aromatic rings. The van der Waals surface area contributed by atoms with Crippen LogP contribution in [0, 0.1) is 0 Å². The molecule has 0 saturated carbocycles. The van der Waals surface area contributed by atoms with Crippen molar-refractivity contribution in [2.24, 2.45) is 0 Å². The van der Waals surface area contributed by atoms with Gasteiger partial charge in [0.25, 0.3) is 0 Å². The number of hydrogen-bond acceptors (Lipinski definition) is 3. The molecule has 0 bridgehead atoms. The van der Waals surface area contributed by atoms with Crippen LogP contribution in [-0.2, 0) is 9.59 Å². The monoisotopic (exact) mass is 360 g/mol. The number of ketones is 1. The molecule has 0 saturated heterocycles. The van der Waals surface area contributed by atoms with E-state index in [2.05, 4.69) is 13.5 Å². The zero-order valence-electron chi connectivity index (χ0n) is 16.7. The van der Waals surface area contributed by atoms with Crippen LogP contribution in [0.25, 0.3) is 0 Å². The van der Waals surface area contributed by atoms with Gasteiger partial charge in [-0.25, -0.2) is 0 Å². The molecule has 0 aromatic heterocycles. The Morgan fingerprint density at radius 2 is 1.00 bits per heavy atom. The molecule has 4 heteroatoms. The van der Waals surface area contributed by atoms with E-state index in [0.29, 0.717) is 0 Å². The molecule has 0 unspecified atom stereocenters. The van der Waals surface area contributed by atoms with Crippen molar-refractivity contribution in [3.05, 3.63) is 12.2 Å². The molecule has 0 amide bonds. The molecule has 0 atom stereocenters. The number of unbranched alkanes of at least 4 members (excludes halogenated alkanes) is 14. The van der Waals surface area contributed by atoms with Crippen molar-refractivity contribution < 1.29 is 44.3 Å². The summed E-state index contributed by atoms with van der Waals surface area (Å²) in [5, 5.41) is 10.5. The summed E-state index contributed by atoms with van der Waals surface area (Å²) in [6.07, 6.45) is 19.4. The molecule has 0 aliphatic heterocycles. The molecule has 0 spiro atoms. The van der Waals surface area contributed by atoms with E-state index in [1.807, 2.05) is 0 Å². The van der Waals surface area contributed by atoms with E-state index < -0.39 is 5.97 Å². The van der Waals surface area contributed by atoms with Gasteiger partial charge in [-0.2, -0.15) is 0 Å². The number of carboxylic acid groups (broad SMARTS) is 1. The van der Waals surface area contributed by atoms with Crippen LogP contribution < -0.4 is 34.7 Å². The third-order valence-corrected chi connectivity index (χ3v) is 4.59. The first-order chi connectivity index (χ1) is 11.6. The van der Waals surface area contributed by atoms with Gasteiger partial charge in [-0.1, -0.05) is 103 Å². The van der Waals surface area contributed by atoms with Crippen LogP contribution in [0.3, 0.4) is 0 Å². The van der Waals surface area contributed by atoms with E-state index in [1.165, 1.54) is 77.0 Å². The molecule has 140 valence electrons. The molecular weight excluding hydrogens is 323 g/mol. The number of aliphatic carboxylic acids is 1. The molecule has 0 fully saturated rings. The van der Waals surface area contributed by atoms with Crippen LogP contribution in [-0.4, -0.2) is 11.8 Å². The van der Waals surface area contributed by atoms with Crippen LogP contribution in [0.1, 0.15) is 110 Å². The molecule has 25 heavy (non-hydrogen) atoms. The fourth-order valence-electron chi connectivity index (χ4n) is 2.92. The van der Waals surface area contributed by atoms with E-state index in [0.717, 1.165) is 19.3 Å². The van der Waals surface area contributed by atoms with Crippen molar-refractivity contribution in [1.29, 1.82) is 0 Å². The molecular formula is C21H37NaO3. The fraction of sp³-hybridized carbons (Fsp3) is 0.810. The second-order valence-corrected chi connectivity index (χ2v) is 6.89. The van der Waals surface area contributed by atoms with E-state index in [-0.39, 0.29) is 47.3 Å². The maximum atomic E-state index is 11.4. The fourth-order valence-corrected chi connectivity index (χ4v) is 2.92. The van der Waals surface area contributed by atoms with Gasteiger partial charge in [0, 0.05) is 12.0 Å². The predicted octanol–water partition coefficient (Wildman–Crippen LogP) is 2.13. The Labute approximate surface area is 177 Å². The number of carbonyl (C=O) groups excluding carboxylic acids is 2. The Bertz CT molecular complexity index is 353. The van der Waals surface area contributed by atoms with Crippen LogP contribution in [0.4, 0.5) is 0 Å². The zero-order valence-corrected chi connectivity index (χ0v) is 18.7. The quantitative estimate of drug-likeness (QED) is 0.124. The molecule has 0 radical (unpaired) electrons. The van der Waals surface area contributed by atoms with Crippen molar-refractivity contribution in [3.8, 4) is 0 Å². The number of carbonyl (C=O) groups is 2. The minimum atomic E-state index is -1.44. The van der Waals surface area contributed by atoms with Crippen molar-refractivity contribution >= 4 is 11.8 Å². The van der Waals surface area contributed by atoms with E-state index >= 15 is 0 Å². The molecule has 0 heterocycles. The van der Waals surface area contributed by atoms with E-state index in [9.17, 15) is 14.7 Å². The van der Waals surface area contributed by atoms with Gasteiger partial charge < -0.3 is 9.90 Å².